The Morgan fingerprint density at radius 2 is 2.05 bits per heavy atom. The molecule has 0 spiro atoms. The van der Waals surface area contributed by atoms with Gasteiger partial charge in [-0.15, -0.1) is 0 Å². The van der Waals surface area contributed by atoms with Crippen molar-refractivity contribution in [2.45, 2.75) is 38.9 Å². The number of amides is 1. The summed E-state index contributed by atoms with van der Waals surface area (Å²) in [5, 5.41) is 0. The van der Waals surface area contributed by atoms with E-state index < -0.39 is 28.7 Å². The fourth-order valence-corrected chi connectivity index (χ4v) is 2.92. The largest absolute Gasteiger partial charge is 0.421 e. The summed E-state index contributed by atoms with van der Waals surface area (Å²) in [6, 6.07) is 0.625. The van der Waals surface area contributed by atoms with Crippen LogP contribution in [0.15, 0.2) is 17.1 Å². The molecule has 1 saturated heterocycles. The van der Waals surface area contributed by atoms with E-state index in [9.17, 15) is 22.8 Å². The average molecular weight is 302 g/mol. The molecular formula is C14H17F3N2O2. The number of rotatable bonds is 1. The van der Waals surface area contributed by atoms with Gasteiger partial charge in [-0.2, -0.15) is 13.2 Å². The lowest BCUT2D eigenvalue weighted by molar-refractivity contribution is -0.138. The number of nitrogens with zero attached hydrogens (tertiary/aromatic N) is 1. The molecule has 1 aliphatic rings. The molecular weight excluding hydrogens is 285 g/mol. The molecule has 1 aromatic heterocycles. The zero-order valence-corrected chi connectivity index (χ0v) is 12.0. The van der Waals surface area contributed by atoms with Crippen molar-refractivity contribution in [2.75, 3.05) is 6.54 Å². The van der Waals surface area contributed by atoms with Crippen LogP contribution in [0.1, 0.15) is 43.1 Å². The third-order valence-electron chi connectivity index (χ3n) is 3.77. The molecule has 1 aromatic rings. The SMILES string of the molecule is CC1CN(C(=O)c2c[nH]c(=O)c(C(F)(F)F)c2)C(C)(C)C1. The molecule has 1 fully saturated rings. The predicted molar refractivity (Wildman–Crippen MR) is 71.0 cm³/mol. The topological polar surface area (TPSA) is 53.2 Å². The predicted octanol–water partition coefficient (Wildman–Crippen LogP) is 2.65. The first-order valence-corrected chi connectivity index (χ1v) is 6.64. The third kappa shape index (κ3) is 2.96. The number of hydrogen-bond donors (Lipinski definition) is 1. The maximum Gasteiger partial charge on any atom is 0.421 e. The molecule has 0 radical (unpaired) electrons. The fraction of sp³-hybridized carbons (Fsp3) is 0.571. The minimum absolute atomic E-state index is 0.149. The van der Waals surface area contributed by atoms with Crippen LogP contribution in [0, 0.1) is 5.92 Å². The molecule has 1 atom stereocenters. The third-order valence-corrected chi connectivity index (χ3v) is 3.77. The number of aromatic amines is 1. The van der Waals surface area contributed by atoms with Crippen LogP contribution in [-0.2, 0) is 6.18 Å². The number of nitrogens with one attached hydrogen (secondary N) is 1. The van der Waals surface area contributed by atoms with Gasteiger partial charge in [0.05, 0.1) is 5.56 Å². The molecule has 1 unspecified atom stereocenters. The smallest absolute Gasteiger partial charge is 0.333 e. The van der Waals surface area contributed by atoms with E-state index in [4.69, 9.17) is 0 Å². The quantitative estimate of drug-likeness (QED) is 0.867. The van der Waals surface area contributed by atoms with Crippen LogP contribution in [0.3, 0.4) is 0 Å². The summed E-state index contributed by atoms with van der Waals surface area (Å²) in [5.74, 6) is -0.208. The molecule has 2 rings (SSSR count). The molecule has 0 aromatic carbocycles. The zero-order chi connectivity index (χ0) is 16.0. The van der Waals surface area contributed by atoms with Crippen molar-refractivity contribution in [1.82, 2.24) is 9.88 Å². The number of carbonyl (C=O) groups is 1. The van der Waals surface area contributed by atoms with Gasteiger partial charge in [0, 0.05) is 18.3 Å². The van der Waals surface area contributed by atoms with Gasteiger partial charge in [0.2, 0.25) is 0 Å². The summed E-state index contributed by atoms with van der Waals surface area (Å²) in [7, 11) is 0. The normalized spacial score (nSPS) is 21.6. The first-order chi connectivity index (χ1) is 9.52. The molecule has 116 valence electrons. The molecule has 4 nitrogen and oxygen atoms in total. The number of H-pyrrole nitrogens is 1. The lowest BCUT2D eigenvalue weighted by Gasteiger charge is -2.31. The lowest BCUT2D eigenvalue weighted by atomic mass is 9.97. The Labute approximate surface area is 120 Å². The van der Waals surface area contributed by atoms with Gasteiger partial charge < -0.3 is 9.88 Å². The molecule has 2 heterocycles. The van der Waals surface area contributed by atoms with Gasteiger partial charge in [0.15, 0.2) is 0 Å². The summed E-state index contributed by atoms with van der Waals surface area (Å²) in [6.07, 6.45) is -2.95. The monoisotopic (exact) mass is 302 g/mol. The van der Waals surface area contributed by atoms with Crippen LogP contribution in [0.25, 0.3) is 0 Å². The minimum Gasteiger partial charge on any atom is -0.333 e. The van der Waals surface area contributed by atoms with Gasteiger partial charge in [-0.3, -0.25) is 9.59 Å². The summed E-state index contributed by atoms with van der Waals surface area (Å²) in [4.78, 5) is 27.2. The van der Waals surface area contributed by atoms with E-state index in [0.29, 0.717) is 12.6 Å². The highest BCUT2D eigenvalue weighted by molar-refractivity contribution is 5.94. The van der Waals surface area contributed by atoms with Gasteiger partial charge in [0.1, 0.15) is 5.56 Å². The van der Waals surface area contributed by atoms with E-state index in [1.165, 1.54) is 0 Å². The number of carbonyl (C=O) groups excluding carboxylic acids is 1. The maximum atomic E-state index is 12.7. The van der Waals surface area contributed by atoms with E-state index in [2.05, 4.69) is 0 Å². The zero-order valence-electron chi connectivity index (χ0n) is 12.0. The van der Waals surface area contributed by atoms with Gasteiger partial charge in [0.25, 0.3) is 11.5 Å². The molecule has 1 N–H and O–H groups in total. The summed E-state index contributed by atoms with van der Waals surface area (Å²) < 4.78 is 38.2. The standard InChI is InChI=1S/C14H17F3N2O2/c1-8-5-13(2,3)19(7-8)12(21)9-4-10(14(15,16)17)11(20)18-6-9/h4,6,8H,5,7H2,1-3H3,(H,18,20). The van der Waals surface area contributed by atoms with Crippen LogP contribution >= 0.6 is 0 Å². The van der Waals surface area contributed by atoms with Crippen LogP contribution in [0.2, 0.25) is 0 Å². The summed E-state index contributed by atoms with van der Waals surface area (Å²) >= 11 is 0. The molecule has 0 saturated carbocycles. The Morgan fingerprint density at radius 3 is 2.52 bits per heavy atom. The van der Waals surface area contributed by atoms with Gasteiger partial charge in [-0.25, -0.2) is 0 Å². The van der Waals surface area contributed by atoms with Crippen molar-refractivity contribution in [3.05, 3.63) is 33.7 Å². The molecule has 1 aliphatic heterocycles. The number of halogens is 3. The van der Waals surface area contributed by atoms with Crippen molar-refractivity contribution >= 4 is 5.91 Å². The highest BCUT2D eigenvalue weighted by Gasteiger charge is 2.40. The van der Waals surface area contributed by atoms with Crippen molar-refractivity contribution < 1.29 is 18.0 Å². The Hall–Kier alpha value is -1.79. The molecule has 21 heavy (non-hydrogen) atoms. The Balaban J connectivity index is 2.39. The second-order valence-electron chi connectivity index (χ2n) is 6.17. The lowest BCUT2D eigenvalue weighted by Crippen LogP contribution is -2.43. The number of alkyl halides is 3. The number of hydrogen-bond acceptors (Lipinski definition) is 2. The molecule has 7 heteroatoms. The number of aromatic nitrogens is 1. The van der Waals surface area contributed by atoms with Gasteiger partial charge in [-0.05, 0) is 32.3 Å². The van der Waals surface area contributed by atoms with Crippen LogP contribution < -0.4 is 5.56 Å². The Bertz CT molecular complexity index is 619. The first kappa shape index (κ1) is 15.6. The van der Waals surface area contributed by atoms with Gasteiger partial charge in [-0.1, -0.05) is 6.92 Å². The van der Waals surface area contributed by atoms with Crippen LogP contribution in [0.4, 0.5) is 13.2 Å². The van der Waals surface area contributed by atoms with Crippen molar-refractivity contribution in [3.8, 4) is 0 Å². The van der Waals surface area contributed by atoms with E-state index in [1.54, 1.807) is 4.90 Å². The maximum absolute atomic E-state index is 12.7. The number of pyridine rings is 1. The van der Waals surface area contributed by atoms with E-state index in [1.807, 2.05) is 25.8 Å². The van der Waals surface area contributed by atoms with Crippen molar-refractivity contribution in [3.63, 3.8) is 0 Å². The molecule has 0 bridgehead atoms. The molecule has 1 amide bonds. The summed E-state index contributed by atoms with van der Waals surface area (Å²) in [5.41, 5.74) is -3.15. The van der Waals surface area contributed by atoms with E-state index >= 15 is 0 Å². The second-order valence-corrected chi connectivity index (χ2v) is 6.17. The Kier molecular flexibility index (Phi) is 3.63. The van der Waals surface area contributed by atoms with Crippen LogP contribution in [-0.4, -0.2) is 27.9 Å². The highest BCUT2D eigenvalue weighted by Crippen LogP contribution is 2.34. The minimum atomic E-state index is -4.78. The Morgan fingerprint density at radius 1 is 1.43 bits per heavy atom. The first-order valence-electron chi connectivity index (χ1n) is 6.64. The van der Waals surface area contributed by atoms with Crippen LogP contribution in [0.5, 0.6) is 0 Å². The second kappa shape index (κ2) is 4.89. The van der Waals surface area contributed by atoms with E-state index in [0.717, 1.165) is 12.6 Å². The fourth-order valence-electron chi connectivity index (χ4n) is 2.92. The highest BCUT2D eigenvalue weighted by atomic mass is 19.4. The average Bonchev–Trinajstić information content (AvgIpc) is 2.60. The number of likely N-dealkylation sites (tertiary alicyclic amines) is 1. The van der Waals surface area contributed by atoms with Crippen molar-refractivity contribution in [2.24, 2.45) is 5.92 Å². The van der Waals surface area contributed by atoms with Gasteiger partial charge >= 0.3 is 6.18 Å². The van der Waals surface area contributed by atoms with Crippen molar-refractivity contribution in [1.29, 1.82) is 0 Å². The molecule has 0 aliphatic carbocycles. The van der Waals surface area contributed by atoms with E-state index in [-0.39, 0.29) is 11.5 Å². The summed E-state index contributed by atoms with van der Waals surface area (Å²) in [6.45, 7) is 6.24.